The summed E-state index contributed by atoms with van der Waals surface area (Å²) in [5, 5.41) is 40.9. The van der Waals surface area contributed by atoms with Crippen LogP contribution in [0, 0.1) is 23.7 Å². The molecule has 0 aromatic rings. The molecule has 358 valence electrons. The largest absolute Gasteiger partial charge is 0.458 e. The molecular weight excluding hydrogens is 823 g/mol. The van der Waals surface area contributed by atoms with Crippen molar-refractivity contribution in [2.24, 2.45) is 23.7 Å². The fourth-order valence-electron chi connectivity index (χ4n) is 8.34. The number of carbonyl (C=O) groups excluding carboxylic acids is 7. The SMILES string of the molecule is CC[C@@H](C)C[C@H](C)C[C@H](C)/C=C(\C)[C@H]1OC(O)([C@](C)(O)C(=O)N[C@@H]2C(=O)N3NCCC[C@@H]3C(=O)N(O)CC(=O)N(C)CC(=O)NCC(=O)N(C)CC(=O)O[C@H]2C(C)C)CC[C@@H]1OC. The molecule has 0 spiro atoms. The van der Waals surface area contributed by atoms with Crippen molar-refractivity contribution in [1.29, 1.82) is 0 Å². The highest BCUT2D eigenvalue weighted by Gasteiger charge is 2.58. The summed E-state index contributed by atoms with van der Waals surface area (Å²) in [6.07, 6.45) is 2.43. The Morgan fingerprint density at radius 1 is 0.984 bits per heavy atom. The van der Waals surface area contributed by atoms with Gasteiger partial charge in [0.05, 0.1) is 19.2 Å². The van der Waals surface area contributed by atoms with Crippen molar-refractivity contribution < 1.29 is 63.2 Å². The van der Waals surface area contributed by atoms with Gasteiger partial charge < -0.3 is 44.9 Å². The van der Waals surface area contributed by atoms with Crippen LogP contribution in [0.5, 0.6) is 0 Å². The summed E-state index contributed by atoms with van der Waals surface area (Å²) in [4.78, 5) is 96.7. The van der Waals surface area contributed by atoms with Crippen molar-refractivity contribution in [3.8, 4) is 0 Å². The van der Waals surface area contributed by atoms with Crippen LogP contribution in [-0.2, 0) is 47.8 Å². The van der Waals surface area contributed by atoms with Crippen molar-refractivity contribution in [1.82, 2.24) is 35.9 Å². The molecule has 3 rings (SSSR count). The second-order valence-electron chi connectivity index (χ2n) is 18.3. The number of ether oxygens (including phenoxy) is 3. The number of methoxy groups -OCH3 is 1. The van der Waals surface area contributed by atoms with Crippen LogP contribution in [0.1, 0.15) is 100 Å². The average molecular weight is 896 g/mol. The summed E-state index contributed by atoms with van der Waals surface area (Å²) in [6.45, 7) is 12.3. The number of hydrazine groups is 1. The maximum Gasteiger partial charge on any atom is 0.325 e. The van der Waals surface area contributed by atoms with Gasteiger partial charge in [-0.25, -0.2) is 10.5 Å². The van der Waals surface area contributed by atoms with E-state index < -0.39 is 115 Å². The van der Waals surface area contributed by atoms with Crippen molar-refractivity contribution >= 4 is 41.4 Å². The summed E-state index contributed by atoms with van der Waals surface area (Å²) >= 11 is 0. The monoisotopic (exact) mass is 896 g/mol. The fraction of sp³-hybridized carbons (Fsp3) is 0.791. The van der Waals surface area contributed by atoms with Gasteiger partial charge in [-0.1, -0.05) is 54.0 Å². The fourth-order valence-corrected chi connectivity index (χ4v) is 8.34. The number of nitrogens with one attached hydrogen (secondary N) is 3. The van der Waals surface area contributed by atoms with Crippen LogP contribution >= 0.6 is 0 Å². The van der Waals surface area contributed by atoms with E-state index in [0.29, 0.717) is 18.3 Å². The second-order valence-corrected chi connectivity index (χ2v) is 18.3. The molecule has 6 N–H and O–H groups in total. The van der Waals surface area contributed by atoms with Crippen LogP contribution in [0.2, 0.25) is 0 Å². The molecule has 0 saturated carbocycles. The van der Waals surface area contributed by atoms with Gasteiger partial charge in [0, 0.05) is 34.2 Å². The van der Waals surface area contributed by atoms with E-state index in [1.807, 2.05) is 13.0 Å². The molecule has 3 fully saturated rings. The van der Waals surface area contributed by atoms with Gasteiger partial charge in [0.2, 0.25) is 23.5 Å². The van der Waals surface area contributed by atoms with Gasteiger partial charge in [-0.2, -0.15) is 0 Å². The lowest BCUT2D eigenvalue weighted by Crippen LogP contribution is -2.70. The van der Waals surface area contributed by atoms with E-state index in [0.717, 1.165) is 46.6 Å². The number of carbonyl (C=O) groups is 7. The summed E-state index contributed by atoms with van der Waals surface area (Å²) in [5.41, 5.74) is 0.787. The van der Waals surface area contributed by atoms with Crippen molar-refractivity contribution in [3.05, 3.63) is 11.6 Å². The molecule has 0 aromatic heterocycles. The van der Waals surface area contributed by atoms with Crippen LogP contribution in [0.4, 0.5) is 0 Å². The predicted octanol–water partition coefficient (Wildman–Crippen LogP) is 0.477. The zero-order chi connectivity index (χ0) is 47.6. The normalized spacial score (nSPS) is 29.4. The van der Waals surface area contributed by atoms with Crippen molar-refractivity contribution in [3.63, 3.8) is 0 Å². The minimum atomic E-state index is -2.76. The molecule has 3 saturated heterocycles. The summed E-state index contributed by atoms with van der Waals surface area (Å²) in [6, 6.07) is -3.30. The van der Waals surface area contributed by atoms with E-state index in [1.165, 1.54) is 21.2 Å². The minimum absolute atomic E-state index is 0.00357. The Morgan fingerprint density at radius 3 is 2.25 bits per heavy atom. The number of hydrogen-bond donors (Lipinski definition) is 6. The zero-order valence-corrected chi connectivity index (χ0v) is 39.0. The smallest absolute Gasteiger partial charge is 0.325 e. The van der Waals surface area contributed by atoms with E-state index in [-0.39, 0.29) is 36.8 Å². The number of hydrogen-bond acceptors (Lipinski definition) is 14. The minimum Gasteiger partial charge on any atom is -0.458 e. The number of hydroxylamine groups is 2. The van der Waals surface area contributed by atoms with Crippen molar-refractivity contribution in [2.45, 2.75) is 142 Å². The number of likely N-dealkylation sites (N-methyl/N-ethyl adjacent to an activating group) is 2. The second kappa shape index (κ2) is 23.1. The Balaban J connectivity index is 2.04. The maximum absolute atomic E-state index is 14.8. The van der Waals surface area contributed by atoms with E-state index in [1.54, 1.807) is 13.8 Å². The third-order valence-corrected chi connectivity index (χ3v) is 12.4. The average Bonchev–Trinajstić information content (AvgIpc) is 3.22. The number of rotatable bonds is 12. The number of amides is 6. The highest BCUT2D eigenvalue weighted by molar-refractivity contribution is 5.96. The number of allylic oxidation sites excluding steroid dienone is 1. The lowest BCUT2D eigenvalue weighted by Gasteiger charge is -2.48. The van der Waals surface area contributed by atoms with Gasteiger partial charge >= 0.3 is 5.97 Å². The number of aliphatic hydroxyl groups is 2. The van der Waals surface area contributed by atoms with Crippen LogP contribution in [-0.4, -0.2) is 172 Å². The van der Waals surface area contributed by atoms with Gasteiger partial charge in [-0.3, -0.25) is 43.8 Å². The molecular formula is C43H73N7O13. The van der Waals surface area contributed by atoms with E-state index >= 15 is 0 Å². The lowest BCUT2D eigenvalue weighted by molar-refractivity contribution is -0.328. The predicted molar refractivity (Wildman–Crippen MR) is 228 cm³/mol. The molecule has 20 nitrogen and oxygen atoms in total. The molecule has 10 atom stereocenters. The van der Waals surface area contributed by atoms with Gasteiger partial charge in [0.25, 0.3) is 17.7 Å². The Kier molecular flexibility index (Phi) is 19.5. The van der Waals surface area contributed by atoms with E-state index in [9.17, 15) is 49.0 Å². The standard InChI is InChI=1S/C43H73N7O13/c1-12-26(4)18-27(5)19-28(6)20-29(7)38-31(61-11)15-16-43(59,63-38)42(8,58)41(57)46-36-37(25(2)3)62-35(54)24-48(10)33(52)21-44-32(51)22-47(9)34(53)23-49(60)39(55)30-14-13-17-45-50(30)40(36)56/h20,25-28,30-31,36-38,45,58-60H,12-19,21-24H2,1-11H3,(H,44,51)(H,46,57)/b29-20+/t26-,27+,28+,30-,31+,36+,37+,38-,42-,43?/m1/s1. The van der Waals surface area contributed by atoms with E-state index in [4.69, 9.17) is 14.2 Å². The third-order valence-electron chi connectivity index (χ3n) is 12.4. The first-order valence-electron chi connectivity index (χ1n) is 22.0. The molecule has 0 aliphatic carbocycles. The van der Waals surface area contributed by atoms with Crippen LogP contribution in [0.3, 0.4) is 0 Å². The number of esters is 1. The first kappa shape index (κ1) is 53.1. The Bertz CT molecular complexity index is 1680. The molecule has 3 heterocycles. The van der Waals surface area contributed by atoms with Gasteiger partial charge in [-0.05, 0) is 75.2 Å². The first-order valence-corrected chi connectivity index (χ1v) is 22.0. The summed E-state index contributed by atoms with van der Waals surface area (Å²) in [7, 11) is 4.03. The Hall–Kier alpha value is -4.21. The van der Waals surface area contributed by atoms with Gasteiger partial charge in [0.1, 0.15) is 37.4 Å². The molecule has 0 radical (unpaired) electrons. The van der Waals surface area contributed by atoms with Crippen molar-refractivity contribution in [2.75, 3.05) is 53.9 Å². The molecule has 3 aliphatic heterocycles. The molecule has 63 heavy (non-hydrogen) atoms. The maximum atomic E-state index is 14.8. The van der Waals surface area contributed by atoms with Gasteiger partial charge in [0.15, 0.2) is 5.60 Å². The van der Waals surface area contributed by atoms with Crippen LogP contribution in [0.15, 0.2) is 11.6 Å². The number of fused-ring (bicyclic) bond motifs is 1. The highest BCUT2D eigenvalue weighted by Crippen LogP contribution is 2.39. The number of cyclic esters (lactones) is 1. The third kappa shape index (κ3) is 13.9. The van der Waals surface area contributed by atoms with Crippen LogP contribution < -0.4 is 16.1 Å². The van der Waals surface area contributed by atoms with Crippen LogP contribution in [0.25, 0.3) is 0 Å². The lowest BCUT2D eigenvalue weighted by atomic mass is 9.83. The van der Waals surface area contributed by atoms with E-state index in [2.05, 4.69) is 43.8 Å². The Morgan fingerprint density at radius 2 is 1.63 bits per heavy atom. The molecule has 1 unspecified atom stereocenters. The summed E-state index contributed by atoms with van der Waals surface area (Å²) in [5.74, 6) is -8.78. The Labute approximate surface area is 371 Å². The highest BCUT2D eigenvalue weighted by atomic mass is 16.7. The molecule has 20 heteroatoms. The molecule has 6 amide bonds. The molecule has 0 bridgehead atoms. The zero-order valence-electron chi connectivity index (χ0n) is 39.0. The molecule has 0 aromatic carbocycles. The molecule has 3 aliphatic rings. The quantitative estimate of drug-likeness (QED) is 0.0886. The summed E-state index contributed by atoms with van der Waals surface area (Å²) < 4.78 is 17.8. The van der Waals surface area contributed by atoms with Gasteiger partial charge in [-0.15, -0.1) is 0 Å². The number of nitrogens with zero attached hydrogens (tertiary/aromatic N) is 4. The first-order chi connectivity index (χ1) is 29.4. The topological polar surface area (TPSA) is 257 Å².